The van der Waals surface area contributed by atoms with E-state index in [1.54, 1.807) is 6.20 Å². The highest BCUT2D eigenvalue weighted by molar-refractivity contribution is 5.08. The topological polar surface area (TPSA) is 51.4 Å². The third-order valence-electron chi connectivity index (χ3n) is 2.62. The Morgan fingerprint density at radius 3 is 2.82 bits per heavy atom. The van der Waals surface area contributed by atoms with Gasteiger partial charge in [-0.3, -0.25) is 9.88 Å². The first kappa shape index (κ1) is 14.1. The minimum Gasteiger partial charge on any atom is -0.379 e. The van der Waals surface area contributed by atoms with E-state index in [-0.39, 0.29) is 0 Å². The second kappa shape index (κ2) is 8.17. The quantitative estimate of drug-likeness (QED) is 0.692. The second-order valence-corrected chi connectivity index (χ2v) is 4.33. The third kappa shape index (κ3) is 5.77. The van der Waals surface area contributed by atoms with Gasteiger partial charge in [-0.2, -0.15) is 0 Å². The summed E-state index contributed by atoms with van der Waals surface area (Å²) in [5.41, 5.74) is 6.62. The van der Waals surface area contributed by atoms with Crippen LogP contribution in [-0.4, -0.2) is 42.2 Å². The van der Waals surface area contributed by atoms with E-state index >= 15 is 0 Å². The predicted octanol–water partition coefficient (Wildman–Crippen LogP) is 1.27. The molecule has 4 nitrogen and oxygen atoms in total. The lowest BCUT2D eigenvalue weighted by Crippen LogP contribution is -2.33. The molecule has 96 valence electrons. The summed E-state index contributed by atoms with van der Waals surface area (Å²) in [7, 11) is 0. The third-order valence-corrected chi connectivity index (χ3v) is 2.62. The lowest BCUT2D eigenvalue weighted by Gasteiger charge is -2.26. The van der Waals surface area contributed by atoms with E-state index in [0.717, 1.165) is 19.7 Å². The van der Waals surface area contributed by atoms with Gasteiger partial charge in [0.15, 0.2) is 0 Å². The molecule has 0 aromatic carbocycles. The van der Waals surface area contributed by atoms with E-state index in [9.17, 15) is 0 Å². The van der Waals surface area contributed by atoms with Gasteiger partial charge in [0.2, 0.25) is 0 Å². The highest BCUT2D eigenvalue weighted by Gasteiger charge is 2.09. The lowest BCUT2D eigenvalue weighted by atomic mass is 10.2. The molecule has 1 rings (SSSR count). The summed E-state index contributed by atoms with van der Waals surface area (Å²) in [6.45, 7) is 8.18. The molecule has 4 heteroatoms. The van der Waals surface area contributed by atoms with Crippen molar-refractivity contribution in [2.24, 2.45) is 5.73 Å². The van der Waals surface area contributed by atoms with Crippen molar-refractivity contribution in [1.82, 2.24) is 9.88 Å². The van der Waals surface area contributed by atoms with Crippen LogP contribution in [0.1, 0.15) is 19.4 Å². The Balaban J connectivity index is 2.38. The van der Waals surface area contributed by atoms with Gasteiger partial charge in [-0.1, -0.05) is 6.07 Å². The van der Waals surface area contributed by atoms with Gasteiger partial charge in [0, 0.05) is 38.1 Å². The van der Waals surface area contributed by atoms with Crippen molar-refractivity contribution in [3.05, 3.63) is 30.1 Å². The van der Waals surface area contributed by atoms with Gasteiger partial charge >= 0.3 is 0 Å². The summed E-state index contributed by atoms with van der Waals surface area (Å²) in [6.07, 6.45) is 3.71. The van der Waals surface area contributed by atoms with Gasteiger partial charge in [0.25, 0.3) is 0 Å². The molecule has 0 aliphatic heterocycles. The molecule has 0 radical (unpaired) electrons. The van der Waals surface area contributed by atoms with Gasteiger partial charge < -0.3 is 10.5 Å². The number of hydrogen-bond donors (Lipinski definition) is 1. The molecular weight excluding hydrogens is 214 g/mol. The number of pyridine rings is 1. The highest BCUT2D eigenvalue weighted by atomic mass is 16.5. The number of ether oxygens (including phenoxy) is 1. The first-order valence-corrected chi connectivity index (χ1v) is 6.14. The van der Waals surface area contributed by atoms with Crippen molar-refractivity contribution >= 4 is 0 Å². The maximum Gasteiger partial charge on any atom is 0.0594 e. The molecule has 2 N–H and O–H groups in total. The molecule has 0 aliphatic carbocycles. The summed E-state index contributed by atoms with van der Waals surface area (Å²) in [6, 6.07) is 4.57. The summed E-state index contributed by atoms with van der Waals surface area (Å²) in [4.78, 5) is 6.50. The van der Waals surface area contributed by atoms with Crippen molar-refractivity contribution in [1.29, 1.82) is 0 Å². The first-order valence-electron chi connectivity index (χ1n) is 6.14. The molecule has 0 fully saturated rings. The minimum atomic E-state index is 0.497. The molecule has 1 aromatic heterocycles. The lowest BCUT2D eigenvalue weighted by molar-refractivity contribution is 0.0938. The normalized spacial score (nSPS) is 11.4. The summed E-state index contributed by atoms with van der Waals surface area (Å²) in [5.74, 6) is 0. The van der Waals surface area contributed by atoms with Crippen molar-refractivity contribution in [3.8, 4) is 0 Å². The SMILES string of the molecule is CC(C)N(CCOCCN)Cc1cccnc1. The van der Waals surface area contributed by atoms with E-state index in [2.05, 4.69) is 29.8 Å². The smallest absolute Gasteiger partial charge is 0.0594 e. The van der Waals surface area contributed by atoms with Crippen LogP contribution in [0.15, 0.2) is 24.5 Å². The fourth-order valence-electron chi connectivity index (χ4n) is 1.61. The van der Waals surface area contributed by atoms with Gasteiger partial charge in [-0.15, -0.1) is 0 Å². The molecule has 0 spiro atoms. The number of nitrogens with two attached hydrogens (primary N) is 1. The van der Waals surface area contributed by atoms with Crippen LogP contribution in [0.25, 0.3) is 0 Å². The fraction of sp³-hybridized carbons (Fsp3) is 0.615. The average molecular weight is 237 g/mol. The number of rotatable bonds is 8. The molecule has 1 heterocycles. The molecule has 0 saturated heterocycles. The first-order chi connectivity index (χ1) is 8.24. The molecule has 1 aromatic rings. The Bertz CT molecular complexity index is 290. The van der Waals surface area contributed by atoms with Crippen LogP contribution in [0.4, 0.5) is 0 Å². The second-order valence-electron chi connectivity index (χ2n) is 4.33. The van der Waals surface area contributed by atoms with Crippen LogP contribution in [0, 0.1) is 0 Å². The molecule has 0 aliphatic rings. The van der Waals surface area contributed by atoms with Crippen LogP contribution in [-0.2, 0) is 11.3 Å². The molecule has 0 atom stereocenters. The maximum absolute atomic E-state index is 5.42. The Kier molecular flexibility index (Phi) is 6.77. The Morgan fingerprint density at radius 2 is 2.24 bits per heavy atom. The summed E-state index contributed by atoms with van der Waals surface area (Å²) in [5, 5.41) is 0. The molecule has 0 bridgehead atoms. The number of aromatic nitrogens is 1. The molecule has 0 unspecified atom stereocenters. The average Bonchev–Trinajstić information content (AvgIpc) is 2.34. The number of hydrogen-bond acceptors (Lipinski definition) is 4. The summed E-state index contributed by atoms with van der Waals surface area (Å²) < 4.78 is 5.42. The zero-order valence-electron chi connectivity index (χ0n) is 10.8. The van der Waals surface area contributed by atoms with E-state index in [1.807, 2.05) is 12.3 Å². The largest absolute Gasteiger partial charge is 0.379 e. The van der Waals surface area contributed by atoms with E-state index in [0.29, 0.717) is 19.2 Å². The van der Waals surface area contributed by atoms with E-state index in [1.165, 1.54) is 5.56 Å². The van der Waals surface area contributed by atoms with Crippen LogP contribution >= 0.6 is 0 Å². The number of nitrogens with zero attached hydrogens (tertiary/aromatic N) is 2. The van der Waals surface area contributed by atoms with Crippen molar-refractivity contribution in [3.63, 3.8) is 0 Å². The van der Waals surface area contributed by atoms with E-state index < -0.39 is 0 Å². The summed E-state index contributed by atoms with van der Waals surface area (Å²) >= 11 is 0. The predicted molar refractivity (Wildman–Crippen MR) is 69.7 cm³/mol. The minimum absolute atomic E-state index is 0.497. The van der Waals surface area contributed by atoms with Crippen LogP contribution in [0.2, 0.25) is 0 Å². The van der Waals surface area contributed by atoms with Crippen molar-refractivity contribution in [2.75, 3.05) is 26.3 Å². The van der Waals surface area contributed by atoms with Crippen molar-refractivity contribution in [2.45, 2.75) is 26.4 Å². The zero-order chi connectivity index (χ0) is 12.5. The van der Waals surface area contributed by atoms with Gasteiger partial charge in [-0.05, 0) is 25.5 Å². The maximum atomic E-state index is 5.42. The van der Waals surface area contributed by atoms with Crippen LogP contribution < -0.4 is 5.73 Å². The van der Waals surface area contributed by atoms with Gasteiger partial charge in [-0.25, -0.2) is 0 Å². The molecular formula is C13H23N3O. The van der Waals surface area contributed by atoms with Crippen LogP contribution in [0.5, 0.6) is 0 Å². The molecule has 0 saturated carbocycles. The Labute approximate surface area is 104 Å². The van der Waals surface area contributed by atoms with Gasteiger partial charge in [0.05, 0.1) is 13.2 Å². The van der Waals surface area contributed by atoms with Crippen molar-refractivity contribution < 1.29 is 4.74 Å². The van der Waals surface area contributed by atoms with Gasteiger partial charge in [0.1, 0.15) is 0 Å². The van der Waals surface area contributed by atoms with E-state index in [4.69, 9.17) is 10.5 Å². The standard InChI is InChI=1S/C13H23N3O/c1-12(2)16(7-9-17-8-5-14)11-13-4-3-6-15-10-13/h3-4,6,10,12H,5,7-9,11,14H2,1-2H3. The zero-order valence-corrected chi connectivity index (χ0v) is 10.8. The van der Waals surface area contributed by atoms with Crippen LogP contribution in [0.3, 0.4) is 0 Å². The Morgan fingerprint density at radius 1 is 1.41 bits per heavy atom. The molecule has 0 amide bonds. The monoisotopic (exact) mass is 237 g/mol. The highest BCUT2D eigenvalue weighted by Crippen LogP contribution is 2.06. The molecule has 17 heavy (non-hydrogen) atoms. The fourth-order valence-corrected chi connectivity index (χ4v) is 1.61. The Hall–Kier alpha value is -0.970.